The standard InChI is InChI=1S/C21H22N2O4/c1-21-11-3-2-4-16(21)18(21)19(24)23-22-12-15-9-10-17(27-15)13-5-7-14(8-6-13)20(25)26/h5-10,12,16,18H,2-4,11H2,1H3,(H,23,24)(H,25,26)/b22-12-/t16-,18+,21+/m1/s1. The van der Waals surface area contributed by atoms with Gasteiger partial charge in [-0.15, -0.1) is 0 Å². The number of carboxylic acids is 1. The van der Waals surface area contributed by atoms with E-state index in [4.69, 9.17) is 9.52 Å². The molecule has 2 saturated carbocycles. The summed E-state index contributed by atoms with van der Waals surface area (Å²) in [6.07, 6.45) is 6.18. The molecule has 6 nitrogen and oxygen atoms in total. The van der Waals surface area contributed by atoms with Gasteiger partial charge in [0.15, 0.2) is 0 Å². The van der Waals surface area contributed by atoms with Crippen LogP contribution in [0.3, 0.4) is 0 Å². The van der Waals surface area contributed by atoms with Gasteiger partial charge in [-0.1, -0.05) is 31.9 Å². The number of rotatable bonds is 5. The van der Waals surface area contributed by atoms with Crippen LogP contribution in [0, 0.1) is 17.3 Å². The Balaban J connectivity index is 1.36. The Hall–Kier alpha value is -2.89. The number of aromatic carboxylic acids is 1. The Morgan fingerprint density at radius 1 is 1.22 bits per heavy atom. The summed E-state index contributed by atoms with van der Waals surface area (Å²) in [4.78, 5) is 23.3. The second-order valence-electron chi connectivity index (χ2n) is 7.65. The number of hydrogen-bond acceptors (Lipinski definition) is 4. The number of nitrogens with zero attached hydrogens (tertiary/aromatic N) is 1. The maximum atomic E-state index is 12.4. The Bertz CT molecular complexity index is 899. The van der Waals surface area contributed by atoms with Gasteiger partial charge in [-0.05, 0) is 48.4 Å². The molecule has 0 unspecified atom stereocenters. The van der Waals surface area contributed by atoms with Crippen molar-refractivity contribution in [3.8, 4) is 11.3 Å². The molecule has 2 N–H and O–H groups in total. The van der Waals surface area contributed by atoms with Crippen molar-refractivity contribution in [2.24, 2.45) is 22.4 Å². The van der Waals surface area contributed by atoms with Gasteiger partial charge in [-0.3, -0.25) is 4.79 Å². The molecule has 1 heterocycles. The van der Waals surface area contributed by atoms with Crippen LogP contribution in [0.4, 0.5) is 0 Å². The van der Waals surface area contributed by atoms with Crippen LogP contribution in [0.2, 0.25) is 0 Å². The van der Waals surface area contributed by atoms with Crippen molar-refractivity contribution in [1.82, 2.24) is 5.43 Å². The molecular formula is C21H22N2O4. The van der Waals surface area contributed by atoms with E-state index in [1.165, 1.54) is 31.2 Å². The lowest BCUT2D eigenvalue weighted by molar-refractivity contribution is -0.123. The maximum Gasteiger partial charge on any atom is 0.335 e. The van der Waals surface area contributed by atoms with E-state index in [0.717, 1.165) is 18.4 Å². The Morgan fingerprint density at radius 2 is 2.00 bits per heavy atom. The number of fused-ring (bicyclic) bond motifs is 1. The third-order valence-corrected chi connectivity index (χ3v) is 6.02. The molecule has 2 aliphatic carbocycles. The second-order valence-corrected chi connectivity index (χ2v) is 7.65. The first-order valence-electron chi connectivity index (χ1n) is 9.25. The van der Waals surface area contributed by atoms with Gasteiger partial charge >= 0.3 is 5.97 Å². The molecule has 1 aromatic heterocycles. The van der Waals surface area contributed by atoms with Crippen LogP contribution >= 0.6 is 0 Å². The molecule has 0 saturated heterocycles. The van der Waals surface area contributed by atoms with Crippen molar-refractivity contribution < 1.29 is 19.1 Å². The summed E-state index contributed by atoms with van der Waals surface area (Å²) in [7, 11) is 0. The minimum Gasteiger partial charge on any atom is -0.478 e. The van der Waals surface area contributed by atoms with Gasteiger partial charge in [0.25, 0.3) is 0 Å². The molecule has 2 aromatic rings. The first-order chi connectivity index (χ1) is 13.0. The van der Waals surface area contributed by atoms with Gasteiger partial charge in [0.1, 0.15) is 11.5 Å². The summed E-state index contributed by atoms with van der Waals surface area (Å²) in [6.45, 7) is 2.21. The molecule has 0 aliphatic heterocycles. The molecule has 0 radical (unpaired) electrons. The predicted molar refractivity (Wildman–Crippen MR) is 100 cm³/mol. The number of furan rings is 1. The summed E-state index contributed by atoms with van der Waals surface area (Å²) in [5.74, 6) is 0.751. The molecule has 0 spiro atoms. The van der Waals surface area contributed by atoms with Crippen LogP contribution in [0.1, 0.15) is 48.7 Å². The fraction of sp³-hybridized carbons (Fsp3) is 0.381. The van der Waals surface area contributed by atoms with Crippen LogP contribution in [0.15, 0.2) is 45.9 Å². The molecule has 2 fully saturated rings. The lowest BCUT2D eigenvalue weighted by Gasteiger charge is -2.15. The summed E-state index contributed by atoms with van der Waals surface area (Å²) >= 11 is 0. The number of nitrogens with one attached hydrogen (secondary N) is 1. The minimum atomic E-state index is -0.964. The molecular weight excluding hydrogens is 344 g/mol. The van der Waals surface area contributed by atoms with Crippen LogP contribution in [-0.2, 0) is 4.79 Å². The van der Waals surface area contributed by atoms with Crippen LogP contribution < -0.4 is 5.43 Å². The van der Waals surface area contributed by atoms with Gasteiger partial charge < -0.3 is 9.52 Å². The van der Waals surface area contributed by atoms with E-state index in [-0.39, 0.29) is 22.8 Å². The number of benzene rings is 1. The van der Waals surface area contributed by atoms with E-state index in [1.54, 1.807) is 24.3 Å². The van der Waals surface area contributed by atoms with Gasteiger partial charge in [0.2, 0.25) is 5.91 Å². The average Bonchev–Trinajstić information content (AvgIpc) is 3.03. The van der Waals surface area contributed by atoms with Crippen LogP contribution in [-0.4, -0.2) is 23.2 Å². The average molecular weight is 366 g/mol. The van der Waals surface area contributed by atoms with E-state index < -0.39 is 5.97 Å². The number of carbonyl (C=O) groups excluding carboxylic acids is 1. The number of amides is 1. The summed E-state index contributed by atoms with van der Waals surface area (Å²) in [5, 5.41) is 13.0. The highest BCUT2D eigenvalue weighted by Gasteiger charge is 2.64. The summed E-state index contributed by atoms with van der Waals surface area (Å²) in [5.41, 5.74) is 3.82. The number of carboxylic acid groups (broad SMARTS) is 1. The quantitative estimate of drug-likeness (QED) is 0.620. The smallest absolute Gasteiger partial charge is 0.335 e. The number of hydrogen-bond donors (Lipinski definition) is 2. The van der Waals surface area contributed by atoms with Gasteiger partial charge in [0.05, 0.1) is 11.8 Å². The van der Waals surface area contributed by atoms with Crippen molar-refractivity contribution in [1.29, 1.82) is 0 Å². The summed E-state index contributed by atoms with van der Waals surface area (Å²) in [6, 6.07) is 10.00. The van der Waals surface area contributed by atoms with Crippen LogP contribution in [0.5, 0.6) is 0 Å². The van der Waals surface area contributed by atoms with Crippen molar-refractivity contribution in [2.75, 3.05) is 0 Å². The van der Waals surface area contributed by atoms with Crippen molar-refractivity contribution in [3.05, 3.63) is 47.7 Å². The zero-order valence-electron chi connectivity index (χ0n) is 15.1. The third-order valence-electron chi connectivity index (χ3n) is 6.02. The molecule has 27 heavy (non-hydrogen) atoms. The van der Waals surface area contributed by atoms with E-state index in [9.17, 15) is 9.59 Å². The Kier molecular flexibility index (Phi) is 4.34. The van der Waals surface area contributed by atoms with Crippen molar-refractivity contribution in [3.63, 3.8) is 0 Å². The first kappa shape index (κ1) is 17.5. The zero-order chi connectivity index (χ0) is 19.0. The third kappa shape index (κ3) is 3.27. The van der Waals surface area contributed by atoms with E-state index >= 15 is 0 Å². The molecule has 1 amide bonds. The summed E-state index contributed by atoms with van der Waals surface area (Å²) < 4.78 is 5.69. The highest BCUT2D eigenvalue weighted by Crippen LogP contribution is 2.66. The normalized spacial score (nSPS) is 26.6. The molecule has 4 rings (SSSR count). The lowest BCUT2D eigenvalue weighted by Crippen LogP contribution is -2.22. The van der Waals surface area contributed by atoms with E-state index in [0.29, 0.717) is 17.4 Å². The highest BCUT2D eigenvalue weighted by atomic mass is 16.4. The maximum absolute atomic E-state index is 12.4. The number of carbonyl (C=O) groups is 2. The monoisotopic (exact) mass is 366 g/mol. The molecule has 140 valence electrons. The zero-order valence-corrected chi connectivity index (χ0v) is 15.1. The molecule has 6 heteroatoms. The fourth-order valence-corrected chi connectivity index (χ4v) is 4.43. The van der Waals surface area contributed by atoms with Gasteiger partial charge in [-0.2, -0.15) is 5.10 Å². The predicted octanol–water partition coefficient (Wildman–Crippen LogP) is 3.92. The molecule has 1 aromatic carbocycles. The van der Waals surface area contributed by atoms with E-state index in [2.05, 4.69) is 17.5 Å². The second kappa shape index (κ2) is 6.68. The number of hydrazone groups is 1. The highest BCUT2D eigenvalue weighted by molar-refractivity contribution is 5.88. The molecule has 3 atom stereocenters. The fourth-order valence-electron chi connectivity index (χ4n) is 4.43. The van der Waals surface area contributed by atoms with Gasteiger partial charge in [-0.25, -0.2) is 10.2 Å². The van der Waals surface area contributed by atoms with Crippen molar-refractivity contribution >= 4 is 18.1 Å². The largest absolute Gasteiger partial charge is 0.478 e. The lowest BCUT2D eigenvalue weighted by atomic mass is 9.90. The topological polar surface area (TPSA) is 91.9 Å². The van der Waals surface area contributed by atoms with Gasteiger partial charge in [0, 0.05) is 11.5 Å². The SMILES string of the molecule is C[C@]12CCCC[C@@H]1[C@H]2C(=O)N/N=C\c1ccc(-c2ccc(C(=O)O)cc2)o1. The van der Waals surface area contributed by atoms with Crippen molar-refractivity contribution in [2.45, 2.75) is 32.6 Å². The molecule has 0 bridgehead atoms. The minimum absolute atomic E-state index is 0.00307. The van der Waals surface area contributed by atoms with Crippen LogP contribution in [0.25, 0.3) is 11.3 Å². The molecule has 2 aliphatic rings. The Labute approximate surface area is 157 Å². The Morgan fingerprint density at radius 3 is 2.67 bits per heavy atom. The van der Waals surface area contributed by atoms with E-state index in [1.807, 2.05) is 0 Å². The first-order valence-corrected chi connectivity index (χ1v) is 9.25.